The van der Waals surface area contributed by atoms with Crippen molar-refractivity contribution in [1.29, 1.82) is 0 Å². The minimum atomic E-state index is -1.21. The molecule has 0 heterocycles. The van der Waals surface area contributed by atoms with E-state index in [9.17, 15) is 14.4 Å². The molecule has 0 bridgehead atoms. The van der Waals surface area contributed by atoms with Gasteiger partial charge in [-0.05, 0) is 42.0 Å². The number of halogens is 1. The number of benzene rings is 3. The monoisotopic (exact) mass is 466 g/mol. The lowest BCUT2D eigenvalue weighted by Gasteiger charge is -2.18. The van der Waals surface area contributed by atoms with E-state index in [1.165, 1.54) is 11.8 Å². The quantitative estimate of drug-likeness (QED) is 0.305. The molecule has 8 heteroatoms. The Labute approximate surface area is 194 Å². The maximum atomic E-state index is 13.1. The summed E-state index contributed by atoms with van der Waals surface area (Å²) in [6, 6.07) is 23.2. The lowest BCUT2D eigenvalue weighted by molar-refractivity contribution is -0.131. The third-order valence-corrected chi connectivity index (χ3v) is 5.65. The van der Waals surface area contributed by atoms with Gasteiger partial charge in [-0.3, -0.25) is 9.59 Å². The predicted octanol–water partition coefficient (Wildman–Crippen LogP) is 5.39. The standard InChI is InChI=1S/C24H19ClN2O4S/c25-17-8-4-9-18(14-17)27-24(31)23(16-6-2-1-3-7-16)32-20-11-5-10-19(15-20)26-21(28)12-13-22(29)30/h1-15,23H,(H,26,28)(H,27,31)(H,29,30)/b13-12+. The molecule has 162 valence electrons. The Morgan fingerprint density at radius 1 is 0.844 bits per heavy atom. The normalized spacial score (nSPS) is 11.7. The van der Waals surface area contributed by atoms with E-state index >= 15 is 0 Å². The maximum absolute atomic E-state index is 13.1. The zero-order valence-electron chi connectivity index (χ0n) is 16.7. The number of amides is 2. The zero-order chi connectivity index (χ0) is 22.9. The largest absolute Gasteiger partial charge is 0.478 e. The fraction of sp³-hybridized carbons (Fsp3) is 0.0417. The fourth-order valence-electron chi connectivity index (χ4n) is 2.79. The van der Waals surface area contributed by atoms with Gasteiger partial charge in [0.2, 0.25) is 11.8 Å². The molecule has 1 atom stereocenters. The van der Waals surface area contributed by atoms with Crippen LogP contribution in [-0.4, -0.2) is 22.9 Å². The molecule has 0 saturated heterocycles. The molecule has 0 aliphatic rings. The lowest BCUT2D eigenvalue weighted by Crippen LogP contribution is -2.19. The Hall–Kier alpha value is -3.55. The first-order chi connectivity index (χ1) is 15.4. The van der Waals surface area contributed by atoms with Crippen LogP contribution in [0.25, 0.3) is 0 Å². The van der Waals surface area contributed by atoms with E-state index in [4.69, 9.17) is 16.7 Å². The number of nitrogens with one attached hydrogen (secondary N) is 2. The second-order valence-electron chi connectivity index (χ2n) is 6.60. The van der Waals surface area contributed by atoms with Gasteiger partial charge in [0, 0.05) is 33.4 Å². The first kappa shape index (κ1) is 23.1. The second-order valence-corrected chi connectivity index (χ2v) is 8.21. The predicted molar refractivity (Wildman–Crippen MR) is 127 cm³/mol. The van der Waals surface area contributed by atoms with Crippen LogP contribution in [0.15, 0.2) is 95.9 Å². The number of carboxylic acids is 1. The number of anilines is 2. The van der Waals surface area contributed by atoms with E-state index in [1.54, 1.807) is 42.5 Å². The first-order valence-electron chi connectivity index (χ1n) is 9.51. The molecule has 32 heavy (non-hydrogen) atoms. The molecule has 0 radical (unpaired) electrons. The first-order valence-corrected chi connectivity index (χ1v) is 10.8. The molecular formula is C24H19ClN2O4S. The zero-order valence-corrected chi connectivity index (χ0v) is 18.3. The summed E-state index contributed by atoms with van der Waals surface area (Å²) in [5, 5.41) is 14.1. The van der Waals surface area contributed by atoms with E-state index in [0.717, 1.165) is 22.6 Å². The summed E-state index contributed by atoms with van der Waals surface area (Å²) < 4.78 is 0. The van der Waals surface area contributed by atoms with Crippen LogP contribution < -0.4 is 10.6 Å². The number of thioether (sulfide) groups is 1. The summed E-state index contributed by atoms with van der Waals surface area (Å²) in [4.78, 5) is 36.3. The highest BCUT2D eigenvalue weighted by atomic mass is 35.5. The average molecular weight is 467 g/mol. The maximum Gasteiger partial charge on any atom is 0.328 e. The van der Waals surface area contributed by atoms with Gasteiger partial charge in [-0.2, -0.15) is 0 Å². The molecule has 0 saturated carbocycles. The Bertz CT molecular complexity index is 1150. The third kappa shape index (κ3) is 7.01. The van der Waals surface area contributed by atoms with Gasteiger partial charge in [0.15, 0.2) is 0 Å². The van der Waals surface area contributed by atoms with E-state index in [1.807, 2.05) is 36.4 Å². The van der Waals surface area contributed by atoms with Crippen molar-refractivity contribution in [1.82, 2.24) is 0 Å². The minimum Gasteiger partial charge on any atom is -0.478 e. The lowest BCUT2D eigenvalue weighted by atomic mass is 10.1. The Balaban J connectivity index is 1.80. The molecule has 3 aromatic carbocycles. The van der Waals surface area contributed by atoms with Gasteiger partial charge in [-0.25, -0.2) is 4.79 Å². The van der Waals surface area contributed by atoms with Gasteiger partial charge in [-0.15, -0.1) is 11.8 Å². The van der Waals surface area contributed by atoms with Crippen LogP contribution in [0.5, 0.6) is 0 Å². The average Bonchev–Trinajstić information content (AvgIpc) is 2.77. The van der Waals surface area contributed by atoms with Crippen molar-refractivity contribution in [2.75, 3.05) is 10.6 Å². The highest BCUT2D eigenvalue weighted by Gasteiger charge is 2.22. The molecule has 1 unspecified atom stereocenters. The molecule has 0 aliphatic heterocycles. The summed E-state index contributed by atoms with van der Waals surface area (Å²) in [6.45, 7) is 0. The fourth-order valence-corrected chi connectivity index (χ4v) is 4.06. The molecule has 0 aliphatic carbocycles. The van der Waals surface area contributed by atoms with Gasteiger partial charge in [0.25, 0.3) is 0 Å². The van der Waals surface area contributed by atoms with Crippen molar-refractivity contribution in [3.8, 4) is 0 Å². The van der Waals surface area contributed by atoms with Gasteiger partial charge in [0.05, 0.1) is 0 Å². The van der Waals surface area contributed by atoms with Crippen molar-refractivity contribution < 1.29 is 19.5 Å². The van der Waals surface area contributed by atoms with Gasteiger partial charge >= 0.3 is 5.97 Å². The van der Waals surface area contributed by atoms with Crippen LogP contribution in [-0.2, 0) is 14.4 Å². The molecule has 6 nitrogen and oxygen atoms in total. The number of carbonyl (C=O) groups is 3. The molecule has 2 amide bonds. The van der Waals surface area contributed by atoms with Gasteiger partial charge in [-0.1, -0.05) is 54.1 Å². The van der Waals surface area contributed by atoms with Crippen LogP contribution in [0.4, 0.5) is 11.4 Å². The summed E-state index contributed by atoms with van der Waals surface area (Å²) in [5.41, 5.74) is 1.89. The van der Waals surface area contributed by atoms with Crippen LogP contribution in [0.1, 0.15) is 10.8 Å². The molecular weight excluding hydrogens is 448 g/mol. The number of rotatable bonds is 8. The molecule has 3 aromatic rings. The summed E-state index contributed by atoms with van der Waals surface area (Å²) >= 11 is 7.35. The van der Waals surface area contributed by atoms with E-state index < -0.39 is 17.1 Å². The van der Waals surface area contributed by atoms with Crippen LogP contribution in [0.2, 0.25) is 5.02 Å². The Morgan fingerprint density at radius 2 is 1.53 bits per heavy atom. The number of carboxylic acid groups (broad SMARTS) is 1. The van der Waals surface area contributed by atoms with E-state index in [2.05, 4.69) is 10.6 Å². The van der Waals surface area contributed by atoms with Crippen molar-refractivity contribution in [2.45, 2.75) is 10.1 Å². The number of aliphatic carboxylic acids is 1. The van der Waals surface area contributed by atoms with Crippen molar-refractivity contribution in [3.63, 3.8) is 0 Å². The smallest absolute Gasteiger partial charge is 0.328 e. The van der Waals surface area contributed by atoms with Crippen LogP contribution >= 0.6 is 23.4 Å². The molecule has 0 spiro atoms. The number of hydrogen-bond acceptors (Lipinski definition) is 4. The second kappa shape index (κ2) is 11.2. The van der Waals surface area contributed by atoms with Crippen molar-refractivity contribution in [3.05, 3.63) is 102 Å². The van der Waals surface area contributed by atoms with Crippen molar-refractivity contribution in [2.24, 2.45) is 0 Å². The number of carbonyl (C=O) groups excluding carboxylic acids is 2. The molecule has 3 rings (SSSR count). The van der Waals surface area contributed by atoms with E-state index in [-0.39, 0.29) is 5.91 Å². The minimum absolute atomic E-state index is 0.220. The summed E-state index contributed by atoms with van der Waals surface area (Å²) in [7, 11) is 0. The topological polar surface area (TPSA) is 95.5 Å². The summed E-state index contributed by atoms with van der Waals surface area (Å²) in [5.74, 6) is -1.99. The Kier molecular flexibility index (Phi) is 8.08. The highest BCUT2D eigenvalue weighted by Crippen LogP contribution is 2.37. The molecule has 0 aromatic heterocycles. The van der Waals surface area contributed by atoms with Gasteiger partial charge in [0.1, 0.15) is 5.25 Å². The highest BCUT2D eigenvalue weighted by molar-refractivity contribution is 8.00. The SMILES string of the molecule is O=C(O)/C=C/C(=O)Nc1cccc(SC(C(=O)Nc2cccc(Cl)c2)c2ccccc2)c1. The van der Waals surface area contributed by atoms with E-state index in [0.29, 0.717) is 16.4 Å². The van der Waals surface area contributed by atoms with Crippen LogP contribution in [0, 0.1) is 0 Å². The van der Waals surface area contributed by atoms with Crippen LogP contribution in [0.3, 0.4) is 0 Å². The van der Waals surface area contributed by atoms with Gasteiger partial charge < -0.3 is 15.7 Å². The Morgan fingerprint density at radius 3 is 2.22 bits per heavy atom. The van der Waals surface area contributed by atoms with Crippen molar-refractivity contribution >= 4 is 52.5 Å². The molecule has 0 fully saturated rings. The summed E-state index contributed by atoms with van der Waals surface area (Å²) in [6.07, 6.45) is 1.70. The molecule has 3 N–H and O–H groups in total. The number of hydrogen-bond donors (Lipinski definition) is 3. The third-order valence-electron chi connectivity index (χ3n) is 4.17.